The van der Waals surface area contributed by atoms with Gasteiger partial charge in [-0.25, -0.2) is 9.59 Å². The second kappa shape index (κ2) is 6.14. The van der Waals surface area contributed by atoms with Crippen LogP contribution in [0, 0.1) is 0 Å². The van der Waals surface area contributed by atoms with Crippen LogP contribution in [-0.4, -0.2) is 48.1 Å². The van der Waals surface area contributed by atoms with Crippen LogP contribution < -0.4 is 10.1 Å². The van der Waals surface area contributed by atoms with Gasteiger partial charge in [-0.05, 0) is 19.9 Å². The lowest BCUT2D eigenvalue weighted by Gasteiger charge is -2.18. The molecule has 0 aromatic heterocycles. The third-order valence-corrected chi connectivity index (χ3v) is 4.52. The standard InChI is InChI=1S/C17H20N2O5/c1-9-10(2)23-14-12(9)5-4-6-13(14)16(21)24-11(3)15(20)19-8-7-18-17(19)22/h4-6,9-11H,7-8H2,1-3H3,(H,18,22)/t9-,10+,11-/m0/s1. The molecule has 2 heterocycles. The van der Waals surface area contributed by atoms with Gasteiger partial charge in [0.05, 0.1) is 0 Å². The number of hydrogen-bond donors (Lipinski definition) is 1. The number of para-hydroxylation sites is 1. The number of imide groups is 1. The number of fused-ring (bicyclic) bond motifs is 1. The van der Waals surface area contributed by atoms with Crippen molar-refractivity contribution in [2.24, 2.45) is 0 Å². The molecule has 2 aliphatic heterocycles. The Balaban J connectivity index is 1.74. The SMILES string of the molecule is C[C@H](OC(=O)c1cccc2c1O[C@H](C)[C@@H]2C)C(=O)N1CCNC1=O. The summed E-state index contributed by atoms with van der Waals surface area (Å²) < 4.78 is 11.0. The third-order valence-electron chi connectivity index (χ3n) is 4.52. The van der Waals surface area contributed by atoms with E-state index in [4.69, 9.17) is 9.47 Å². The van der Waals surface area contributed by atoms with Gasteiger partial charge in [0.15, 0.2) is 6.10 Å². The highest BCUT2D eigenvalue weighted by Gasteiger charge is 2.34. The Labute approximate surface area is 139 Å². The number of amides is 3. The zero-order valence-electron chi connectivity index (χ0n) is 13.9. The molecule has 3 atom stereocenters. The zero-order chi connectivity index (χ0) is 17.4. The van der Waals surface area contributed by atoms with Crippen LogP contribution in [0.2, 0.25) is 0 Å². The molecule has 0 aliphatic carbocycles. The summed E-state index contributed by atoms with van der Waals surface area (Å²) in [5.41, 5.74) is 1.25. The highest BCUT2D eigenvalue weighted by atomic mass is 16.6. The number of rotatable bonds is 3. The van der Waals surface area contributed by atoms with Crippen molar-refractivity contribution < 1.29 is 23.9 Å². The van der Waals surface area contributed by atoms with Gasteiger partial charge in [-0.3, -0.25) is 9.69 Å². The Morgan fingerprint density at radius 3 is 2.79 bits per heavy atom. The molecule has 1 aromatic carbocycles. The predicted octanol–water partition coefficient (Wildman–Crippen LogP) is 1.67. The summed E-state index contributed by atoms with van der Waals surface area (Å²) in [6, 6.07) is 4.84. The topological polar surface area (TPSA) is 84.9 Å². The Morgan fingerprint density at radius 2 is 2.12 bits per heavy atom. The van der Waals surface area contributed by atoms with E-state index in [-0.39, 0.29) is 18.6 Å². The molecule has 0 spiro atoms. The predicted molar refractivity (Wildman–Crippen MR) is 84.9 cm³/mol. The molecule has 0 unspecified atom stereocenters. The molecule has 1 fully saturated rings. The summed E-state index contributed by atoms with van der Waals surface area (Å²) in [6.45, 7) is 6.11. The summed E-state index contributed by atoms with van der Waals surface area (Å²) in [4.78, 5) is 37.3. The number of esters is 1. The van der Waals surface area contributed by atoms with Crippen LogP contribution >= 0.6 is 0 Å². The number of hydrogen-bond acceptors (Lipinski definition) is 5. The quantitative estimate of drug-likeness (QED) is 0.851. The van der Waals surface area contributed by atoms with Crippen molar-refractivity contribution in [3.63, 3.8) is 0 Å². The average Bonchev–Trinajstić information content (AvgIpc) is 3.10. The van der Waals surface area contributed by atoms with Crippen molar-refractivity contribution in [2.75, 3.05) is 13.1 Å². The van der Waals surface area contributed by atoms with Crippen LogP contribution in [0.1, 0.15) is 42.6 Å². The minimum absolute atomic E-state index is 0.0266. The number of nitrogens with one attached hydrogen (secondary N) is 1. The van der Waals surface area contributed by atoms with Crippen LogP contribution in [-0.2, 0) is 9.53 Å². The first-order chi connectivity index (χ1) is 11.4. The smallest absolute Gasteiger partial charge is 0.342 e. The second-order valence-corrected chi connectivity index (χ2v) is 6.10. The van der Waals surface area contributed by atoms with E-state index in [2.05, 4.69) is 5.32 Å². The minimum Gasteiger partial charge on any atom is -0.489 e. The summed E-state index contributed by atoms with van der Waals surface area (Å²) in [5.74, 6) is -0.469. The zero-order valence-corrected chi connectivity index (χ0v) is 13.9. The summed E-state index contributed by atoms with van der Waals surface area (Å²) in [6.07, 6.45) is -1.07. The number of nitrogens with zero attached hydrogens (tertiary/aromatic N) is 1. The van der Waals surface area contributed by atoms with E-state index in [9.17, 15) is 14.4 Å². The lowest BCUT2D eigenvalue weighted by Crippen LogP contribution is -2.41. The number of carbonyl (C=O) groups excluding carboxylic acids is 3. The fourth-order valence-corrected chi connectivity index (χ4v) is 2.92. The molecular formula is C17H20N2O5. The summed E-state index contributed by atoms with van der Waals surface area (Å²) in [7, 11) is 0. The Bertz CT molecular complexity index is 702. The number of ether oxygens (including phenoxy) is 2. The van der Waals surface area contributed by atoms with E-state index in [1.54, 1.807) is 12.1 Å². The molecule has 128 valence electrons. The van der Waals surface area contributed by atoms with Crippen molar-refractivity contribution in [3.8, 4) is 5.75 Å². The maximum Gasteiger partial charge on any atom is 0.342 e. The molecule has 0 radical (unpaired) electrons. The highest BCUT2D eigenvalue weighted by Crippen LogP contribution is 2.40. The molecule has 3 rings (SSSR count). The fraction of sp³-hybridized carbons (Fsp3) is 0.471. The molecule has 1 N–H and O–H groups in total. The van der Waals surface area contributed by atoms with Crippen molar-refractivity contribution >= 4 is 17.9 Å². The molecular weight excluding hydrogens is 312 g/mol. The van der Waals surface area contributed by atoms with Gasteiger partial charge in [0.1, 0.15) is 17.4 Å². The van der Waals surface area contributed by atoms with Crippen LogP contribution in [0.15, 0.2) is 18.2 Å². The fourth-order valence-electron chi connectivity index (χ4n) is 2.92. The van der Waals surface area contributed by atoms with Gasteiger partial charge in [-0.15, -0.1) is 0 Å². The summed E-state index contributed by atoms with van der Waals surface area (Å²) >= 11 is 0. The second-order valence-electron chi connectivity index (χ2n) is 6.10. The van der Waals surface area contributed by atoms with Gasteiger partial charge < -0.3 is 14.8 Å². The van der Waals surface area contributed by atoms with E-state index >= 15 is 0 Å². The van der Waals surface area contributed by atoms with Gasteiger partial charge in [0.2, 0.25) is 0 Å². The lowest BCUT2D eigenvalue weighted by atomic mass is 9.97. The Kier molecular flexibility index (Phi) is 4.17. The lowest BCUT2D eigenvalue weighted by molar-refractivity contribution is -0.136. The van der Waals surface area contributed by atoms with Crippen LogP contribution in [0.4, 0.5) is 4.79 Å². The van der Waals surface area contributed by atoms with Crippen molar-refractivity contribution in [1.29, 1.82) is 0 Å². The highest BCUT2D eigenvalue weighted by molar-refractivity contribution is 6.00. The van der Waals surface area contributed by atoms with Gasteiger partial charge in [0, 0.05) is 24.6 Å². The minimum atomic E-state index is -1.05. The first kappa shape index (κ1) is 16.3. The Morgan fingerprint density at radius 1 is 1.38 bits per heavy atom. The van der Waals surface area contributed by atoms with E-state index in [0.29, 0.717) is 17.9 Å². The molecule has 24 heavy (non-hydrogen) atoms. The number of urea groups is 1. The third kappa shape index (κ3) is 2.70. The molecule has 7 heteroatoms. The average molecular weight is 332 g/mol. The van der Waals surface area contributed by atoms with Gasteiger partial charge in [0.25, 0.3) is 5.91 Å². The monoisotopic (exact) mass is 332 g/mol. The van der Waals surface area contributed by atoms with Gasteiger partial charge >= 0.3 is 12.0 Å². The van der Waals surface area contributed by atoms with E-state index in [1.165, 1.54) is 6.92 Å². The van der Waals surface area contributed by atoms with Crippen molar-refractivity contribution in [3.05, 3.63) is 29.3 Å². The van der Waals surface area contributed by atoms with Gasteiger partial charge in [-0.1, -0.05) is 19.1 Å². The molecule has 0 bridgehead atoms. The van der Waals surface area contributed by atoms with Crippen LogP contribution in [0.25, 0.3) is 0 Å². The molecule has 3 amide bonds. The normalized spacial score (nSPS) is 23.3. The molecule has 1 aromatic rings. The van der Waals surface area contributed by atoms with E-state index in [0.717, 1.165) is 10.5 Å². The van der Waals surface area contributed by atoms with Crippen molar-refractivity contribution in [1.82, 2.24) is 10.2 Å². The Hall–Kier alpha value is -2.57. The molecule has 2 aliphatic rings. The maximum atomic E-state index is 12.5. The van der Waals surface area contributed by atoms with E-state index < -0.39 is 24.0 Å². The number of benzene rings is 1. The summed E-state index contributed by atoms with van der Waals surface area (Å²) in [5, 5.41) is 2.54. The molecule has 1 saturated heterocycles. The maximum absolute atomic E-state index is 12.5. The van der Waals surface area contributed by atoms with Crippen LogP contribution in [0.5, 0.6) is 5.75 Å². The molecule has 7 nitrogen and oxygen atoms in total. The van der Waals surface area contributed by atoms with Crippen molar-refractivity contribution in [2.45, 2.75) is 38.9 Å². The first-order valence-corrected chi connectivity index (χ1v) is 8.00. The molecule has 0 saturated carbocycles. The van der Waals surface area contributed by atoms with Crippen LogP contribution in [0.3, 0.4) is 0 Å². The van der Waals surface area contributed by atoms with E-state index in [1.807, 2.05) is 19.9 Å². The first-order valence-electron chi connectivity index (χ1n) is 8.00. The number of carbonyl (C=O) groups is 3. The van der Waals surface area contributed by atoms with Gasteiger partial charge in [-0.2, -0.15) is 0 Å². The largest absolute Gasteiger partial charge is 0.489 e.